The molecule has 0 spiro atoms. The fourth-order valence-electron chi connectivity index (χ4n) is 3.47. The van der Waals surface area contributed by atoms with Gasteiger partial charge in [-0.25, -0.2) is 4.98 Å². The van der Waals surface area contributed by atoms with Crippen molar-refractivity contribution < 1.29 is 19.1 Å². The number of nitrogens with zero attached hydrogens (tertiary/aromatic N) is 3. The summed E-state index contributed by atoms with van der Waals surface area (Å²) in [5, 5.41) is 14.1. The number of benzene rings is 2. The third-order valence-electron chi connectivity index (χ3n) is 5.06. The Morgan fingerprint density at radius 2 is 1.75 bits per heavy atom. The lowest BCUT2D eigenvalue weighted by molar-refractivity contribution is 0.247. The Balaban J connectivity index is 1.32. The SMILES string of the molecule is O/N=c1\cc(-c2cc3cccn3cn2)oc2ccc(OCCCOc3ccccc3)cc12. The summed E-state index contributed by atoms with van der Waals surface area (Å²) in [4.78, 5) is 4.44. The maximum absolute atomic E-state index is 9.59. The number of fused-ring (bicyclic) bond motifs is 2. The van der Waals surface area contributed by atoms with Gasteiger partial charge in [0, 0.05) is 24.2 Å². The van der Waals surface area contributed by atoms with Gasteiger partial charge in [-0.05, 0) is 48.5 Å². The maximum atomic E-state index is 9.59. The van der Waals surface area contributed by atoms with Crippen molar-refractivity contribution in [3.63, 3.8) is 0 Å². The minimum Gasteiger partial charge on any atom is -0.493 e. The van der Waals surface area contributed by atoms with Crippen molar-refractivity contribution in [3.05, 3.63) is 90.7 Å². The fourth-order valence-corrected chi connectivity index (χ4v) is 3.47. The predicted octanol–water partition coefficient (Wildman–Crippen LogP) is 4.89. The molecule has 0 amide bonds. The first-order valence-corrected chi connectivity index (χ1v) is 10.3. The van der Waals surface area contributed by atoms with E-state index in [-0.39, 0.29) is 0 Å². The largest absolute Gasteiger partial charge is 0.493 e. The van der Waals surface area contributed by atoms with E-state index in [1.54, 1.807) is 24.5 Å². The van der Waals surface area contributed by atoms with Crippen LogP contribution in [0.3, 0.4) is 0 Å². The molecular formula is C25H21N3O4. The van der Waals surface area contributed by atoms with Gasteiger partial charge in [0.15, 0.2) is 5.76 Å². The van der Waals surface area contributed by atoms with Gasteiger partial charge in [0.1, 0.15) is 28.1 Å². The molecule has 32 heavy (non-hydrogen) atoms. The third kappa shape index (κ3) is 4.13. The summed E-state index contributed by atoms with van der Waals surface area (Å²) in [6.45, 7) is 1.06. The Bertz CT molecular complexity index is 1420. The summed E-state index contributed by atoms with van der Waals surface area (Å²) < 4.78 is 19.5. The first-order valence-electron chi connectivity index (χ1n) is 10.3. The van der Waals surface area contributed by atoms with Gasteiger partial charge in [0.25, 0.3) is 0 Å². The normalized spacial score (nSPS) is 11.8. The minimum absolute atomic E-state index is 0.385. The van der Waals surface area contributed by atoms with Crippen molar-refractivity contribution in [2.75, 3.05) is 13.2 Å². The molecule has 0 aliphatic rings. The quantitative estimate of drug-likeness (QED) is 0.227. The first kappa shape index (κ1) is 19.7. The Hall–Kier alpha value is -4.26. The van der Waals surface area contributed by atoms with Gasteiger partial charge in [-0.15, -0.1) is 0 Å². The molecule has 3 aromatic heterocycles. The van der Waals surface area contributed by atoms with Gasteiger partial charge in [-0.3, -0.25) is 0 Å². The number of para-hydroxylation sites is 1. The van der Waals surface area contributed by atoms with Crippen LogP contribution in [0.2, 0.25) is 0 Å². The van der Waals surface area contributed by atoms with Gasteiger partial charge in [-0.1, -0.05) is 23.4 Å². The molecule has 0 aliphatic heterocycles. The van der Waals surface area contributed by atoms with E-state index in [2.05, 4.69) is 10.1 Å². The molecule has 2 aromatic carbocycles. The lowest BCUT2D eigenvalue weighted by atomic mass is 10.2. The standard InChI is InChI=1S/C25H21N3O4/c29-27-22-16-25(23-14-18-6-4-11-28(18)17-26-23)32-24-10-9-20(15-21(22)24)31-13-5-12-30-19-7-2-1-3-8-19/h1-4,6-11,14-17,29H,5,12-13H2/b27-22+. The topological polar surface area (TPSA) is 81.5 Å². The minimum atomic E-state index is 0.385. The van der Waals surface area contributed by atoms with Crippen LogP contribution in [0.15, 0.2) is 94.9 Å². The highest BCUT2D eigenvalue weighted by Gasteiger charge is 2.10. The molecule has 0 aliphatic carbocycles. The van der Waals surface area contributed by atoms with Crippen molar-refractivity contribution in [3.8, 4) is 23.0 Å². The van der Waals surface area contributed by atoms with Gasteiger partial charge in [0.05, 0.1) is 24.9 Å². The van der Waals surface area contributed by atoms with E-state index in [1.807, 2.05) is 65.2 Å². The molecule has 1 N–H and O–H groups in total. The molecule has 0 fully saturated rings. The van der Waals surface area contributed by atoms with Gasteiger partial charge in [-0.2, -0.15) is 0 Å². The van der Waals surface area contributed by atoms with Crippen molar-refractivity contribution >= 4 is 16.5 Å². The van der Waals surface area contributed by atoms with Crippen LogP contribution >= 0.6 is 0 Å². The van der Waals surface area contributed by atoms with Gasteiger partial charge < -0.3 is 23.5 Å². The molecule has 0 atom stereocenters. The van der Waals surface area contributed by atoms with E-state index in [9.17, 15) is 5.21 Å². The number of rotatable bonds is 7. The second-order valence-electron chi connectivity index (χ2n) is 7.23. The monoisotopic (exact) mass is 427 g/mol. The van der Waals surface area contributed by atoms with Crippen LogP contribution in [-0.2, 0) is 0 Å². The molecule has 160 valence electrons. The summed E-state index contributed by atoms with van der Waals surface area (Å²) in [6.07, 6.45) is 4.38. The molecule has 0 radical (unpaired) electrons. The van der Waals surface area contributed by atoms with Crippen molar-refractivity contribution in [1.82, 2.24) is 9.38 Å². The van der Waals surface area contributed by atoms with Crippen molar-refractivity contribution in [2.24, 2.45) is 5.16 Å². The second kappa shape index (κ2) is 8.85. The highest BCUT2D eigenvalue weighted by atomic mass is 16.5. The zero-order valence-electron chi connectivity index (χ0n) is 17.2. The van der Waals surface area contributed by atoms with E-state index in [0.717, 1.165) is 17.7 Å². The summed E-state index contributed by atoms with van der Waals surface area (Å²) in [5.74, 6) is 2.02. The summed E-state index contributed by atoms with van der Waals surface area (Å²) >= 11 is 0. The number of aromatic nitrogens is 2. The van der Waals surface area contributed by atoms with E-state index in [1.165, 1.54) is 0 Å². The predicted molar refractivity (Wildman–Crippen MR) is 120 cm³/mol. The number of hydrogen-bond donors (Lipinski definition) is 1. The van der Waals surface area contributed by atoms with Crippen LogP contribution in [-0.4, -0.2) is 27.8 Å². The van der Waals surface area contributed by atoms with Gasteiger partial charge >= 0.3 is 0 Å². The van der Waals surface area contributed by atoms with Crippen LogP contribution in [0.1, 0.15) is 6.42 Å². The second-order valence-corrected chi connectivity index (χ2v) is 7.23. The molecule has 0 saturated heterocycles. The number of hydrogen-bond acceptors (Lipinski definition) is 6. The molecule has 7 heteroatoms. The van der Waals surface area contributed by atoms with E-state index < -0.39 is 0 Å². The maximum Gasteiger partial charge on any atom is 0.155 e. The average Bonchev–Trinajstić information content (AvgIpc) is 3.32. The molecular weight excluding hydrogens is 406 g/mol. The van der Waals surface area contributed by atoms with Crippen LogP contribution in [0, 0.1) is 0 Å². The Kier molecular flexibility index (Phi) is 5.45. The van der Waals surface area contributed by atoms with Crippen LogP contribution in [0.25, 0.3) is 27.9 Å². The molecule has 0 unspecified atom stereocenters. The zero-order chi connectivity index (χ0) is 21.8. The van der Waals surface area contributed by atoms with Crippen molar-refractivity contribution in [1.29, 1.82) is 0 Å². The van der Waals surface area contributed by atoms with Crippen LogP contribution in [0.4, 0.5) is 0 Å². The fraction of sp³-hybridized carbons (Fsp3) is 0.120. The third-order valence-corrected chi connectivity index (χ3v) is 5.06. The van der Waals surface area contributed by atoms with Crippen LogP contribution in [0.5, 0.6) is 11.5 Å². The van der Waals surface area contributed by atoms with E-state index in [0.29, 0.717) is 46.7 Å². The average molecular weight is 427 g/mol. The van der Waals surface area contributed by atoms with Gasteiger partial charge in [0.2, 0.25) is 0 Å². The molecule has 7 nitrogen and oxygen atoms in total. The highest BCUT2D eigenvalue weighted by Crippen LogP contribution is 2.24. The summed E-state index contributed by atoms with van der Waals surface area (Å²) in [5.41, 5.74) is 2.22. The zero-order valence-corrected chi connectivity index (χ0v) is 17.2. The molecule has 5 aromatic rings. The lowest BCUT2D eigenvalue weighted by Gasteiger charge is -2.09. The molecule has 5 rings (SSSR count). The summed E-state index contributed by atoms with van der Waals surface area (Å²) in [6, 6.07) is 22.6. The molecule has 3 heterocycles. The highest BCUT2D eigenvalue weighted by molar-refractivity contribution is 5.80. The summed E-state index contributed by atoms with van der Waals surface area (Å²) in [7, 11) is 0. The smallest absolute Gasteiger partial charge is 0.155 e. The van der Waals surface area contributed by atoms with Crippen LogP contribution < -0.4 is 14.8 Å². The molecule has 0 bridgehead atoms. The lowest BCUT2D eigenvalue weighted by Crippen LogP contribution is -2.06. The van der Waals surface area contributed by atoms with Crippen molar-refractivity contribution in [2.45, 2.75) is 6.42 Å². The molecule has 0 saturated carbocycles. The number of ether oxygens (including phenoxy) is 2. The Labute approximate surface area is 183 Å². The van der Waals surface area contributed by atoms with E-state index in [4.69, 9.17) is 13.9 Å². The Morgan fingerprint density at radius 1 is 0.906 bits per heavy atom. The van der Waals surface area contributed by atoms with E-state index >= 15 is 0 Å². The Morgan fingerprint density at radius 3 is 2.59 bits per heavy atom. The first-order chi connectivity index (χ1) is 15.8.